The van der Waals surface area contributed by atoms with Crippen LogP contribution in [0.2, 0.25) is 0 Å². The molecule has 1 aromatic heterocycles. The van der Waals surface area contributed by atoms with Crippen molar-refractivity contribution in [1.82, 2.24) is 4.98 Å². The Balaban J connectivity index is 1.79. The minimum absolute atomic E-state index is 0.285. The molecule has 1 unspecified atom stereocenters. The summed E-state index contributed by atoms with van der Waals surface area (Å²) < 4.78 is 0. The first-order valence-electron chi connectivity index (χ1n) is 6.91. The predicted molar refractivity (Wildman–Crippen MR) is 71.8 cm³/mol. The third-order valence-corrected chi connectivity index (χ3v) is 3.80. The summed E-state index contributed by atoms with van der Waals surface area (Å²) in [4.78, 5) is 4.43. The SMILES string of the molecule is Cc1ccc(CC(N)CC2CCCCC2)nc1. The first-order chi connectivity index (χ1) is 8.24. The summed E-state index contributed by atoms with van der Waals surface area (Å²) in [5, 5.41) is 0. The molecule has 94 valence electrons. The molecular formula is C15H24N2. The van der Waals surface area contributed by atoms with Gasteiger partial charge >= 0.3 is 0 Å². The van der Waals surface area contributed by atoms with Gasteiger partial charge in [-0.3, -0.25) is 4.98 Å². The van der Waals surface area contributed by atoms with Crippen molar-refractivity contribution in [3.05, 3.63) is 29.6 Å². The highest BCUT2D eigenvalue weighted by Gasteiger charge is 2.17. The topological polar surface area (TPSA) is 38.9 Å². The van der Waals surface area contributed by atoms with E-state index in [1.165, 1.54) is 44.1 Å². The van der Waals surface area contributed by atoms with Gasteiger partial charge in [0.1, 0.15) is 0 Å². The number of aromatic nitrogens is 1. The van der Waals surface area contributed by atoms with E-state index in [9.17, 15) is 0 Å². The lowest BCUT2D eigenvalue weighted by atomic mass is 9.84. The van der Waals surface area contributed by atoms with E-state index >= 15 is 0 Å². The van der Waals surface area contributed by atoms with Gasteiger partial charge in [-0.05, 0) is 30.9 Å². The van der Waals surface area contributed by atoms with Crippen LogP contribution >= 0.6 is 0 Å². The summed E-state index contributed by atoms with van der Waals surface area (Å²) in [5.41, 5.74) is 8.59. The van der Waals surface area contributed by atoms with Crippen LogP contribution in [-0.4, -0.2) is 11.0 Å². The number of nitrogens with zero attached hydrogens (tertiary/aromatic N) is 1. The smallest absolute Gasteiger partial charge is 0.0419 e. The molecule has 1 aliphatic carbocycles. The largest absolute Gasteiger partial charge is 0.327 e. The molecule has 0 aliphatic heterocycles. The summed E-state index contributed by atoms with van der Waals surface area (Å²) in [6.45, 7) is 2.07. The first kappa shape index (κ1) is 12.6. The monoisotopic (exact) mass is 232 g/mol. The van der Waals surface area contributed by atoms with Crippen LogP contribution in [0.4, 0.5) is 0 Å². The lowest BCUT2D eigenvalue weighted by Gasteiger charge is -2.24. The molecular weight excluding hydrogens is 208 g/mol. The van der Waals surface area contributed by atoms with Crippen LogP contribution in [0.15, 0.2) is 18.3 Å². The van der Waals surface area contributed by atoms with Gasteiger partial charge in [0, 0.05) is 24.4 Å². The molecule has 0 saturated heterocycles. The third kappa shape index (κ3) is 4.12. The molecule has 1 aromatic rings. The average Bonchev–Trinajstić information content (AvgIpc) is 2.33. The van der Waals surface area contributed by atoms with Crippen LogP contribution in [-0.2, 0) is 6.42 Å². The van der Waals surface area contributed by atoms with Gasteiger partial charge in [-0.2, -0.15) is 0 Å². The molecule has 2 N–H and O–H groups in total. The fraction of sp³-hybridized carbons (Fsp3) is 0.667. The van der Waals surface area contributed by atoms with Crippen molar-refractivity contribution in [3.8, 4) is 0 Å². The fourth-order valence-electron chi connectivity index (χ4n) is 2.82. The Morgan fingerprint density at radius 1 is 1.29 bits per heavy atom. The van der Waals surface area contributed by atoms with Crippen molar-refractivity contribution >= 4 is 0 Å². The minimum atomic E-state index is 0.285. The second kappa shape index (κ2) is 6.15. The number of aryl methyl sites for hydroxylation is 1. The van der Waals surface area contributed by atoms with E-state index in [1.807, 2.05) is 6.20 Å². The molecule has 0 aromatic carbocycles. The first-order valence-corrected chi connectivity index (χ1v) is 6.91. The number of pyridine rings is 1. The number of nitrogens with two attached hydrogens (primary N) is 1. The number of hydrogen-bond acceptors (Lipinski definition) is 2. The molecule has 1 atom stereocenters. The Hall–Kier alpha value is -0.890. The maximum absolute atomic E-state index is 6.23. The molecule has 2 nitrogen and oxygen atoms in total. The molecule has 0 radical (unpaired) electrons. The Bertz CT molecular complexity index is 325. The standard InChI is InChI=1S/C15H24N2/c1-12-7-8-15(17-11-12)10-14(16)9-13-5-3-2-4-6-13/h7-8,11,13-14H,2-6,9-10,16H2,1H3. The summed E-state index contributed by atoms with van der Waals surface area (Å²) in [5.74, 6) is 0.865. The molecule has 0 bridgehead atoms. The quantitative estimate of drug-likeness (QED) is 0.865. The Morgan fingerprint density at radius 3 is 2.71 bits per heavy atom. The molecule has 2 rings (SSSR count). The van der Waals surface area contributed by atoms with E-state index in [1.54, 1.807) is 0 Å². The Kier molecular flexibility index (Phi) is 4.55. The van der Waals surface area contributed by atoms with Gasteiger partial charge in [0.2, 0.25) is 0 Å². The van der Waals surface area contributed by atoms with E-state index < -0.39 is 0 Å². The van der Waals surface area contributed by atoms with Gasteiger partial charge in [-0.25, -0.2) is 0 Å². The number of hydrogen-bond donors (Lipinski definition) is 1. The maximum Gasteiger partial charge on any atom is 0.0419 e. The van der Waals surface area contributed by atoms with Crippen LogP contribution < -0.4 is 5.73 Å². The summed E-state index contributed by atoms with van der Waals surface area (Å²) >= 11 is 0. The van der Waals surface area contributed by atoms with Crippen molar-refractivity contribution in [2.45, 2.75) is 57.9 Å². The third-order valence-electron chi connectivity index (χ3n) is 3.80. The van der Waals surface area contributed by atoms with E-state index in [0.29, 0.717) is 0 Å². The van der Waals surface area contributed by atoms with Crippen LogP contribution in [0.3, 0.4) is 0 Å². The molecule has 1 aliphatic rings. The van der Waals surface area contributed by atoms with Crippen molar-refractivity contribution in [2.24, 2.45) is 11.7 Å². The van der Waals surface area contributed by atoms with E-state index in [2.05, 4.69) is 24.0 Å². The number of rotatable bonds is 4. The Labute approximate surface area is 105 Å². The Morgan fingerprint density at radius 2 is 2.06 bits per heavy atom. The highest BCUT2D eigenvalue weighted by atomic mass is 14.7. The zero-order chi connectivity index (χ0) is 12.1. The van der Waals surface area contributed by atoms with Crippen LogP contribution in [0.1, 0.15) is 49.8 Å². The van der Waals surface area contributed by atoms with Crippen molar-refractivity contribution in [1.29, 1.82) is 0 Å². The van der Waals surface area contributed by atoms with Crippen molar-refractivity contribution < 1.29 is 0 Å². The zero-order valence-electron chi connectivity index (χ0n) is 10.9. The van der Waals surface area contributed by atoms with Gasteiger partial charge in [0.05, 0.1) is 0 Å². The summed E-state index contributed by atoms with van der Waals surface area (Å²) in [6.07, 6.45) is 11.0. The van der Waals surface area contributed by atoms with Gasteiger partial charge < -0.3 is 5.73 Å². The molecule has 1 heterocycles. The fourth-order valence-corrected chi connectivity index (χ4v) is 2.82. The van der Waals surface area contributed by atoms with Gasteiger partial charge in [-0.1, -0.05) is 38.2 Å². The van der Waals surface area contributed by atoms with Crippen molar-refractivity contribution in [2.75, 3.05) is 0 Å². The summed E-state index contributed by atoms with van der Waals surface area (Å²) in [7, 11) is 0. The van der Waals surface area contributed by atoms with Gasteiger partial charge in [0.25, 0.3) is 0 Å². The van der Waals surface area contributed by atoms with Gasteiger partial charge in [-0.15, -0.1) is 0 Å². The van der Waals surface area contributed by atoms with Crippen LogP contribution in [0.5, 0.6) is 0 Å². The molecule has 0 amide bonds. The van der Waals surface area contributed by atoms with Crippen LogP contribution in [0, 0.1) is 12.8 Å². The average molecular weight is 232 g/mol. The second-order valence-corrected chi connectivity index (χ2v) is 5.53. The van der Waals surface area contributed by atoms with E-state index in [4.69, 9.17) is 5.73 Å². The van der Waals surface area contributed by atoms with E-state index in [0.717, 1.165) is 18.0 Å². The highest BCUT2D eigenvalue weighted by molar-refractivity contribution is 5.12. The van der Waals surface area contributed by atoms with Crippen LogP contribution in [0.25, 0.3) is 0 Å². The van der Waals surface area contributed by atoms with Crippen molar-refractivity contribution in [3.63, 3.8) is 0 Å². The normalized spacial score (nSPS) is 19.2. The second-order valence-electron chi connectivity index (χ2n) is 5.53. The van der Waals surface area contributed by atoms with Gasteiger partial charge in [0.15, 0.2) is 0 Å². The predicted octanol–water partition coefficient (Wildman–Crippen LogP) is 3.23. The lowest BCUT2D eigenvalue weighted by molar-refractivity contribution is 0.316. The lowest BCUT2D eigenvalue weighted by Crippen LogP contribution is -2.27. The van der Waals surface area contributed by atoms with E-state index in [-0.39, 0.29) is 6.04 Å². The highest BCUT2D eigenvalue weighted by Crippen LogP contribution is 2.27. The molecule has 1 fully saturated rings. The molecule has 2 heteroatoms. The zero-order valence-corrected chi connectivity index (χ0v) is 10.9. The molecule has 0 spiro atoms. The summed E-state index contributed by atoms with van der Waals surface area (Å²) in [6, 6.07) is 4.51. The maximum atomic E-state index is 6.23. The minimum Gasteiger partial charge on any atom is -0.327 e. The molecule has 17 heavy (non-hydrogen) atoms. The molecule has 1 saturated carbocycles.